The van der Waals surface area contributed by atoms with Crippen LogP contribution in [0.5, 0.6) is 0 Å². The monoisotopic (exact) mass is 455 g/mol. The van der Waals surface area contributed by atoms with Gasteiger partial charge in [0.25, 0.3) is 0 Å². The number of aromatic nitrogens is 4. The van der Waals surface area contributed by atoms with Crippen LogP contribution < -0.4 is 0 Å². The van der Waals surface area contributed by atoms with Crippen molar-refractivity contribution < 1.29 is 21.1 Å². The molecule has 0 aliphatic carbocycles. The van der Waals surface area contributed by atoms with Gasteiger partial charge in [-0.05, 0) is 31.0 Å². The largest absolute Gasteiger partial charge is 2.00 e. The number of aromatic amines is 1. The fraction of sp³-hybridized carbons (Fsp3) is 0.400. The molecule has 1 N–H and O–H groups in total. The summed E-state index contributed by atoms with van der Waals surface area (Å²) < 4.78 is 0. The first-order valence-corrected chi connectivity index (χ1v) is 6.58. The van der Waals surface area contributed by atoms with Crippen LogP contribution in [-0.2, 0) is 26.5 Å². The van der Waals surface area contributed by atoms with Crippen molar-refractivity contribution >= 4 is 0 Å². The molecular weight excluding hydrogens is 434 g/mol. The van der Waals surface area contributed by atoms with E-state index in [1.807, 2.05) is 6.07 Å². The molecule has 0 radical (unpaired) electrons. The van der Waals surface area contributed by atoms with Crippen molar-refractivity contribution in [3.8, 4) is 0 Å². The summed E-state index contributed by atoms with van der Waals surface area (Å²) in [4.78, 5) is 2.12. The van der Waals surface area contributed by atoms with Crippen molar-refractivity contribution in [2.75, 3.05) is 13.1 Å². The van der Waals surface area contributed by atoms with Crippen LogP contribution in [-0.4, -0.2) is 38.6 Å². The van der Waals surface area contributed by atoms with Gasteiger partial charge in [-0.25, -0.2) is 0 Å². The van der Waals surface area contributed by atoms with Crippen LogP contribution in [0.15, 0.2) is 30.3 Å². The molecule has 1 aromatic carbocycles. The Bertz CT molecular complexity index is 530. The van der Waals surface area contributed by atoms with Crippen LogP contribution in [0.2, 0.25) is 0 Å². The second-order valence-electron chi connectivity index (χ2n) is 5.30. The number of benzene rings is 1. The average molecular weight is 455 g/mol. The molecule has 3 rings (SSSR count). The summed E-state index contributed by atoms with van der Waals surface area (Å²) in [5.74, 6) is 1.18. The molecule has 112 valence electrons. The molecule has 2 aromatic rings. The van der Waals surface area contributed by atoms with Gasteiger partial charge in [-0.2, -0.15) is 5.21 Å². The maximum atomic E-state index is 4.28. The molecule has 1 aliphatic heterocycles. The second-order valence-corrected chi connectivity index (χ2v) is 5.30. The zero-order valence-electron chi connectivity index (χ0n) is 12.5. The van der Waals surface area contributed by atoms with Crippen LogP contribution in [0.1, 0.15) is 24.7 Å². The minimum Gasteiger partial charge on any atom is -0.459 e. The summed E-state index contributed by atoms with van der Waals surface area (Å²) in [7, 11) is 4.06. The van der Waals surface area contributed by atoms with Gasteiger partial charge in [0.2, 0.25) is 0 Å². The topological polar surface area (TPSA) is 57.7 Å². The first-order valence-electron chi connectivity index (χ1n) is 6.58. The summed E-state index contributed by atoms with van der Waals surface area (Å²) in [5, 5.41) is 14.9. The quantitative estimate of drug-likeness (QED) is 0.705. The van der Waals surface area contributed by atoms with Gasteiger partial charge < -0.3 is 12.3 Å². The van der Waals surface area contributed by atoms with Crippen molar-refractivity contribution in [1.82, 2.24) is 25.5 Å². The summed E-state index contributed by atoms with van der Waals surface area (Å²) in [6.07, 6.45) is 0.960. The minimum atomic E-state index is -0.164. The Labute approximate surface area is 140 Å². The zero-order valence-corrected chi connectivity index (χ0v) is 15.4. The third-order valence-electron chi connectivity index (χ3n) is 4.23. The summed E-state index contributed by atoms with van der Waals surface area (Å²) >= 11 is 0. The van der Waals surface area contributed by atoms with Gasteiger partial charge in [0, 0.05) is 0 Å². The molecule has 0 spiro atoms. The third kappa shape index (κ3) is 3.09. The van der Waals surface area contributed by atoms with Crippen LogP contribution >= 0.6 is 0 Å². The number of nitrogens with zero attached hydrogens (tertiary/aromatic N) is 4. The third-order valence-corrected chi connectivity index (χ3v) is 4.23. The predicted molar refractivity (Wildman–Crippen MR) is 78.5 cm³/mol. The summed E-state index contributed by atoms with van der Waals surface area (Å²) in [6.45, 7) is 4.11. The maximum absolute atomic E-state index is 4.28. The smallest absolute Gasteiger partial charge is 0.459 e. The van der Waals surface area contributed by atoms with Gasteiger partial charge in [0.05, 0.1) is 5.41 Å². The number of piperidine rings is 1. The molecule has 0 amide bonds. The van der Waals surface area contributed by atoms with E-state index in [9.17, 15) is 0 Å². The van der Waals surface area contributed by atoms with Crippen molar-refractivity contribution in [3.05, 3.63) is 56.2 Å². The van der Waals surface area contributed by atoms with Gasteiger partial charge in [0.1, 0.15) is 0 Å². The fourth-order valence-electron chi connectivity index (χ4n) is 3.19. The van der Waals surface area contributed by atoms with Crippen LogP contribution in [0.4, 0.5) is 0 Å². The van der Waals surface area contributed by atoms with E-state index in [0.717, 1.165) is 25.3 Å². The molecule has 2 unspecified atom stereocenters. The molecule has 6 heteroatoms. The van der Waals surface area contributed by atoms with Gasteiger partial charge in [-0.3, -0.25) is 7.05 Å². The molecular formula is C15H21N5W. The van der Waals surface area contributed by atoms with Crippen molar-refractivity contribution in [1.29, 1.82) is 0 Å². The Balaban J connectivity index is 0.00000110. The van der Waals surface area contributed by atoms with Gasteiger partial charge in [0.15, 0.2) is 5.82 Å². The molecule has 1 fully saturated rings. The zero-order chi connectivity index (χ0) is 13.3. The van der Waals surface area contributed by atoms with E-state index in [2.05, 4.69) is 63.8 Å². The molecule has 0 bridgehead atoms. The van der Waals surface area contributed by atoms with Crippen LogP contribution in [0, 0.1) is 20.4 Å². The van der Waals surface area contributed by atoms with Crippen molar-refractivity contribution in [3.63, 3.8) is 0 Å². The summed E-state index contributed by atoms with van der Waals surface area (Å²) in [6, 6.07) is 10.5. The minimum absolute atomic E-state index is 0. The predicted octanol–water partition coefficient (Wildman–Crippen LogP) is 2.07. The van der Waals surface area contributed by atoms with E-state index in [0.29, 0.717) is 5.92 Å². The molecule has 1 aromatic heterocycles. The Morgan fingerprint density at radius 2 is 2.05 bits per heavy atom. The van der Waals surface area contributed by atoms with E-state index < -0.39 is 0 Å². The molecule has 1 saturated heterocycles. The standard InChI is InChI=1S/C14H18N5.CH3.W/c1-11-10-19(2)9-8-14(11,13-15-17-18-16-13)12-6-4-3-5-7-12;;/h3-7,11H,2,8-10H2,1H3,(H,15,16,17,18);1H3;/q2*-1;+2. The SMILES string of the molecule is [CH2-]N1CCC(c2ccccc2)(c2nn[nH]n2)C(C)C1.[CH3-].[W+2]. The Morgan fingerprint density at radius 3 is 2.62 bits per heavy atom. The number of hydrogen-bond acceptors (Lipinski definition) is 4. The van der Waals surface area contributed by atoms with E-state index in [-0.39, 0.29) is 33.9 Å². The maximum Gasteiger partial charge on any atom is 2.00 e. The molecule has 2 atom stereocenters. The number of tetrazole rings is 1. The first-order chi connectivity index (χ1) is 9.23. The van der Waals surface area contributed by atoms with E-state index in [1.54, 1.807) is 0 Å². The van der Waals surface area contributed by atoms with E-state index in [1.165, 1.54) is 5.56 Å². The molecule has 5 nitrogen and oxygen atoms in total. The molecule has 2 heterocycles. The number of likely N-dealkylation sites (tertiary alicyclic amines) is 1. The summed E-state index contributed by atoms with van der Waals surface area (Å²) in [5.41, 5.74) is 1.10. The van der Waals surface area contributed by atoms with Gasteiger partial charge in [-0.15, -0.1) is 10.2 Å². The average Bonchev–Trinajstić information content (AvgIpc) is 2.95. The molecule has 0 saturated carbocycles. The first kappa shape index (κ1) is 18.0. The number of nitrogens with one attached hydrogen (secondary N) is 1. The van der Waals surface area contributed by atoms with Crippen LogP contribution in [0.3, 0.4) is 0 Å². The van der Waals surface area contributed by atoms with Gasteiger partial charge >= 0.3 is 21.1 Å². The Morgan fingerprint density at radius 1 is 1.33 bits per heavy atom. The van der Waals surface area contributed by atoms with Gasteiger partial charge in [-0.1, -0.05) is 42.5 Å². The van der Waals surface area contributed by atoms with Crippen molar-refractivity contribution in [2.24, 2.45) is 5.92 Å². The molecule has 1 aliphatic rings. The Hall–Kier alpha value is -1.06. The normalized spacial score (nSPS) is 25.7. The van der Waals surface area contributed by atoms with E-state index >= 15 is 0 Å². The Kier molecular flexibility index (Phi) is 6.23. The number of rotatable bonds is 2. The fourth-order valence-corrected chi connectivity index (χ4v) is 3.19. The van der Waals surface area contributed by atoms with Crippen LogP contribution in [0.25, 0.3) is 0 Å². The number of hydrogen-bond donors (Lipinski definition) is 1. The van der Waals surface area contributed by atoms with E-state index in [4.69, 9.17) is 0 Å². The second kappa shape index (κ2) is 7.28. The van der Waals surface area contributed by atoms with Crippen molar-refractivity contribution in [2.45, 2.75) is 18.8 Å². The number of H-pyrrole nitrogens is 1. The molecule has 21 heavy (non-hydrogen) atoms.